The van der Waals surface area contributed by atoms with Crippen molar-refractivity contribution in [2.45, 2.75) is 44.2 Å². The summed E-state index contributed by atoms with van der Waals surface area (Å²) in [4.78, 5) is 25.8. The van der Waals surface area contributed by atoms with Gasteiger partial charge in [0.25, 0.3) is 0 Å². The van der Waals surface area contributed by atoms with Gasteiger partial charge in [-0.2, -0.15) is 0 Å². The van der Waals surface area contributed by atoms with Crippen LogP contribution in [-0.4, -0.2) is 39.1 Å². The molecular formula is C22H26N2O5S. The fourth-order valence-corrected chi connectivity index (χ4v) is 4.95. The number of rotatable bonds is 7. The van der Waals surface area contributed by atoms with Gasteiger partial charge in [0.05, 0.1) is 17.8 Å². The van der Waals surface area contributed by atoms with Crippen LogP contribution in [0.1, 0.15) is 31.4 Å². The number of ether oxygens (including phenoxy) is 1. The third kappa shape index (κ3) is 4.81. The van der Waals surface area contributed by atoms with Gasteiger partial charge in [-0.25, -0.2) is 8.42 Å². The van der Waals surface area contributed by atoms with Crippen LogP contribution in [0, 0.1) is 0 Å². The molecule has 0 aromatic heterocycles. The average Bonchev–Trinajstić information content (AvgIpc) is 3.06. The minimum atomic E-state index is -3.60. The van der Waals surface area contributed by atoms with Gasteiger partial charge in [-0.05, 0) is 54.8 Å². The van der Waals surface area contributed by atoms with E-state index in [1.165, 1.54) is 13.0 Å². The molecule has 0 bridgehead atoms. The van der Waals surface area contributed by atoms with Crippen LogP contribution in [-0.2, 0) is 32.4 Å². The number of anilines is 1. The SMILES string of the molecule is COc1ccc(CNC(=O)CCS(=O)(=O)c2ccc3c(c2)CC(C)N3C(C)=O)cc1. The van der Waals surface area contributed by atoms with E-state index in [9.17, 15) is 18.0 Å². The molecule has 0 aliphatic carbocycles. The van der Waals surface area contributed by atoms with Crippen molar-refractivity contribution in [2.75, 3.05) is 17.8 Å². The Hall–Kier alpha value is -2.87. The fraction of sp³-hybridized carbons (Fsp3) is 0.364. The number of carbonyl (C=O) groups excluding carboxylic acids is 2. The number of fused-ring (bicyclic) bond motifs is 1. The molecule has 1 aliphatic rings. The minimum Gasteiger partial charge on any atom is -0.497 e. The molecule has 2 amide bonds. The third-order valence-corrected chi connectivity index (χ3v) is 6.93. The first kappa shape index (κ1) is 21.8. The second-order valence-corrected chi connectivity index (χ2v) is 9.54. The molecule has 2 aromatic rings. The number of amides is 2. The van der Waals surface area contributed by atoms with E-state index in [1.54, 1.807) is 36.3 Å². The van der Waals surface area contributed by atoms with Gasteiger partial charge < -0.3 is 15.0 Å². The Labute approximate surface area is 177 Å². The van der Waals surface area contributed by atoms with Crippen LogP contribution < -0.4 is 15.0 Å². The van der Waals surface area contributed by atoms with Gasteiger partial charge in [0.15, 0.2) is 9.84 Å². The van der Waals surface area contributed by atoms with Gasteiger partial charge in [-0.3, -0.25) is 9.59 Å². The summed E-state index contributed by atoms with van der Waals surface area (Å²) in [6.07, 6.45) is 0.492. The lowest BCUT2D eigenvalue weighted by atomic mass is 10.1. The normalized spacial score (nSPS) is 15.6. The Morgan fingerprint density at radius 2 is 1.87 bits per heavy atom. The molecule has 1 aliphatic heterocycles. The maximum absolute atomic E-state index is 12.7. The highest BCUT2D eigenvalue weighted by Crippen LogP contribution is 2.34. The summed E-state index contributed by atoms with van der Waals surface area (Å²) >= 11 is 0. The molecule has 8 heteroatoms. The Bertz CT molecular complexity index is 1050. The standard InChI is InChI=1S/C22H26N2O5S/c1-15-12-18-13-20(8-9-21(18)24(15)16(2)25)30(27,28)11-10-22(26)23-14-17-4-6-19(29-3)7-5-17/h4-9,13,15H,10-12,14H2,1-3H3,(H,23,26). The van der Waals surface area contributed by atoms with E-state index in [-0.39, 0.29) is 34.9 Å². The van der Waals surface area contributed by atoms with E-state index in [0.29, 0.717) is 13.0 Å². The molecule has 1 unspecified atom stereocenters. The third-order valence-electron chi connectivity index (χ3n) is 5.21. The number of hydrogen-bond acceptors (Lipinski definition) is 5. The number of sulfone groups is 1. The zero-order valence-corrected chi connectivity index (χ0v) is 18.2. The molecule has 0 radical (unpaired) electrons. The predicted molar refractivity (Wildman–Crippen MR) is 114 cm³/mol. The molecule has 7 nitrogen and oxygen atoms in total. The molecule has 1 N–H and O–H groups in total. The average molecular weight is 431 g/mol. The van der Waals surface area contributed by atoms with Crippen LogP contribution in [0.25, 0.3) is 0 Å². The maximum atomic E-state index is 12.7. The Morgan fingerprint density at radius 1 is 1.17 bits per heavy atom. The van der Waals surface area contributed by atoms with Crippen LogP contribution in [0.5, 0.6) is 5.75 Å². The first-order valence-electron chi connectivity index (χ1n) is 9.76. The zero-order valence-electron chi connectivity index (χ0n) is 17.3. The minimum absolute atomic E-state index is 0.000753. The van der Waals surface area contributed by atoms with E-state index in [4.69, 9.17) is 4.74 Å². The lowest BCUT2D eigenvalue weighted by molar-refractivity contribution is -0.121. The molecule has 2 aromatic carbocycles. The predicted octanol–water partition coefficient (Wildman–Crippen LogP) is 2.47. The lowest BCUT2D eigenvalue weighted by Crippen LogP contribution is -2.33. The Kier molecular flexibility index (Phi) is 6.45. The van der Waals surface area contributed by atoms with Gasteiger partial charge in [0.1, 0.15) is 5.75 Å². The molecule has 3 rings (SSSR count). The number of hydrogen-bond donors (Lipinski definition) is 1. The molecule has 0 fully saturated rings. The number of nitrogens with one attached hydrogen (secondary N) is 1. The van der Waals surface area contributed by atoms with Gasteiger partial charge in [-0.15, -0.1) is 0 Å². The van der Waals surface area contributed by atoms with Crippen molar-refractivity contribution in [1.29, 1.82) is 0 Å². The van der Waals surface area contributed by atoms with Crippen LogP contribution in [0.2, 0.25) is 0 Å². The van der Waals surface area contributed by atoms with E-state index >= 15 is 0 Å². The Balaban J connectivity index is 1.59. The van der Waals surface area contributed by atoms with Gasteiger partial charge in [0, 0.05) is 31.6 Å². The van der Waals surface area contributed by atoms with Crippen molar-refractivity contribution in [3.63, 3.8) is 0 Å². The first-order chi connectivity index (χ1) is 14.2. The topological polar surface area (TPSA) is 92.8 Å². The van der Waals surface area contributed by atoms with E-state index < -0.39 is 9.84 Å². The summed E-state index contributed by atoms with van der Waals surface area (Å²) in [5.74, 6) is 0.0651. The molecule has 30 heavy (non-hydrogen) atoms. The summed E-state index contributed by atoms with van der Waals surface area (Å²) in [6, 6.07) is 12.1. The molecule has 0 saturated heterocycles. The molecule has 160 valence electrons. The molecule has 1 heterocycles. The summed E-state index contributed by atoms with van der Waals surface area (Å²) in [6.45, 7) is 3.75. The number of carbonyl (C=O) groups is 2. The van der Waals surface area contributed by atoms with E-state index in [1.807, 2.05) is 19.1 Å². The first-order valence-corrected chi connectivity index (χ1v) is 11.4. The van der Waals surface area contributed by atoms with Crippen LogP contribution in [0.4, 0.5) is 5.69 Å². The largest absolute Gasteiger partial charge is 0.497 e. The van der Waals surface area contributed by atoms with Crippen LogP contribution in [0.15, 0.2) is 47.4 Å². The second kappa shape index (κ2) is 8.87. The van der Waals surface area contributed by atoms with E-state index in [0.717, 1.165) is 22.6 Å². The highest BCUT2D eigenvalue weighted by Gasteiger charge is 2.30. The molecule has 0 spiro atoms. The van der Waals surface area contributed by atoms with Crippen LogP contribution >= 0.6 is 0 Å². The Morgan fingerprint density at radius 3 is 2.50 bits per heavy atom. The molecular weight excluding hydrogens is 404 g/mol. The lowest BCUT2D eigenvalue weighted by Gasteiger charge is -2.20. The zero-order chi connectivity index (χ0) is 21.9. The van der Waals surface area contributed by atoms with Gasteiger partial charge >= 0.3 is 0 Å². The van der Waals surface area contributed by atoms with Crippen molar-refractivity contribution >= 4 is 27.3 Å². The van der Waals surface area contributed by atoms with E-state index in [2.05, 4.69) is 5.32 Å². The summed E-state index contributed by atoms with van der Waals surface area (Å²) < 4.78 is 30.5. The summed E-state index contributed by atoms with van der Waals surface area (Å²) in [5.41, 5.74) is 2.49. The maximum Gasteiger partial charge on any atom is 0.224 e. The van der Waals surface area contributed by atoms with Gasteiger partial charge in [0.2, 0.25) is 11.8 Å². The molecule has 0 saturated carbocycles. The van der Waals surface area contributed by atoms with Gasteiger partial charge in [-0.1, -0.05) is 12.1 Å². The monoisotopic (exact) mass is 430 g/mol. The van der Waals surface area contributed by atoms with Crippen molar-refractivity contribution in [3.05, 3.63) is 53.6 Å². The highest BCUT2D eigenvalue weighted by atomic mass is 32.2. The number of methoxy groups -OCH3 is 1. The highest BCUT2D eigenvalue weighted by molar-refractivity contribution is 7.91. The second-order valence-electron chi connectivity index (χ2n) is 7.43. The van der Waals surface area contributed by atoms with Crippen molar-refractivity contribution in [2.24, 2.45) is 0 Å². The smallest absolute Gasteiger partial charge is 0.224 e. The van der Waals surface area contributed by atoms with Crippen molar-refractivity contribution in [1.82, 2.24) is 5.32 Å². The number of benzene rings is 2. The fourth-order valence-electron chi connectivity index (χ4n) is 3.66. The van der Waals surface area contributed by atoms with Crippen LogP contribution in [0.3, 0.4) is 0 Å². The summed E-state index contributed by atoms with van der Waals surface area (Å²) in [5, 5.41) is 2.74. The van der Waals surface area contributed by atoms with Crippen molar-refractivity contribution in [3.8, 4) is 5.75 Å². The van der Waals surface area contributed by atoms with Crippen molar-refractivity contribution < 1.29 is 22.7 Å². The molecule has 1 atom stereocenters. The quantitative estimate of drug-likeness (QED) is 0.729. The summed E-state index contributed by atoms with van der Waals surface area (Å²) in [7, 11) is -2.02. The number of nitrogens with zero attached hydrogens (tertiary/aromatic N) is 1.